The summed E-state index contributed by atoms with van der Waals surface area (Å²) >= 11 is 8.49. The quantitative estimate of drug-likeness (QED) is 0.629. The van der Waals surface area contributed by atoms with E-state index in [1.165, 1.54) is 18.3 Å². The molecule has 3 rings (SSSR count). The molecule has 130 valence electrons. The van der Waals surface area contributed by atoms with Gasteiger partial charge in [0.1, 0.15) is 5.76 Å². The summed E-state index contributed by atoms with van der Waals surface area (Å²) in [7, 11) is 0. The number of furan rings is 1. The minimum absolute atomic E-state index is 0.0612. The monoisotopic (exact) mass is 394 g/mol. The van der Waals surface area contributed by atoms with E-state index in [4.69, 9.17) is 16.0 Å². The van der Waals surface area contributed by atoms with E-state index < -0.39 is 0 Å². The minimum atomic E-state index is -0.195. The molecular formula is C17H15ClN2O3S2. The average Bonchev–Trinajstić information content (AvgIpc) is 3.19. The molecule has 0 aliphatic carbocycles. The number of carbonyl (C=O) groups is 2. The molecule has 2 aromatic heterocycles. The molecule has 25 heavy (non-hydrogen) atoms. The number of anilines is 1. The van der Waals surface area contributed by atoms with E-state index in [2.05, 4.69) is 4.98 Å². The number of hydrogen-bond acceptors (Lipinski definition) is 6. The van der Waals surface area contributed by atoms with Crippen molar-refractivity contribution in [2.45, 2.75) is 20.4 Å². The second-order valence-corrected chi connectivity index (χ2v) is 8.00. The highest BCUT2D eigenvalue weighted by Crippen LogP contribution is 2.34. The van der Waals surface area contributed by atoms with E-state index in [1.807, 2.05) is 19.1 Å². The fourth-order valence-electron chi connectivity index (χ4n) is 2.32. The molecule has 0 unspecified atom stereocenters. The van der Waals surface area contributed by atoms with Gasteiger partial charge in [0.05, 0.1) is 28.8 Å². The lowest BCUT2D eigenvalue weighted by molar-refractivity contribution is -0.116. The Bertz CT molecular complexity index is 922. The highest BCUT2D eigenvalue weighted by Gasteiger charge is 2.22. The Morgan fingerprint density at radius 3 is 2.88 bits per heavy atom. The van der Waals surface area contributed by atoms with Gasteiger partial charge in [0, 0.05) is 11.9 Å². The van der Waals surface area contributed by atoms with E-state index >= 15 is 0 Å². The number of benzene rings is 1. The molecule has 5 nitrogen and oxygen atoms in total. The first-order valence-corrected chi connectivity index (χ1v) is 9.65. The van der Waals surface area contributed by atoms with Crippen LogP contribution in [0.2, 0.25) is 5.02 Å². The second-order valence-electron chi connectivity index (χ2n) is 5.41. The van der Waals surface area contributed by atoms with Crippen LogP contribution >= 0.6 is 34.7 Å². The summed E-state index contributed by atoms with van der Waals surface area (Å²) in [4.78, 5) is 30.0. The molecule has 1 aromatic carbocycles. The lowest BCUT2D eigenvalue weighted by Gasteiger charge is -2.18. The van der Waals surface area contributed by atoms with Crippen LogP contribution in [0.4, 0.5) is 5.13 Å². The largest absolute Gasteiger partial charge is 0.467 e. The molecule has 1 amide bonds. The van der Waals surface area contributed by atoms with E-state index in [1.54, 1.807) is 23.3 Å². The summed E-state index contributed by atoms with van der Waals surface area (Å²) in [5.41, 5.74) is 1.77. The number of hydrogen-bond donors (Lipinski definition) is 0. The number of aryl methyl sites for hydroxylation is 1. The van der Waals surface area contributed by atoms with E-state index in [0.717, 1.165) is 27.5 Å². The first-order valence-electron chi connectivity index (χ1n) is 7.47. The van der Waals surface area contributed by atoms with Crippen LogP contribution in [0, 0.1) is 6.92 Å². The Morgan fingerprint density at radius 1 is 1.40 bits per heavy atom. The third kappa shape index (κ3) is 4.23. The van der Waals surface area contributed by atoms with Crippen molar-refractivity contribution < 1.29 is 14.0 Å². The molecule has 0 saturated carbocycles. The van der Waals surface area contributed by atoms with Gasteiger partial charge in [0.25, 0.3) is 0 Å². The standard InChI is InChI=1S/C17H15ClN2O3S2/c1-10-6-12(18)7-14-16(10)19-17(25-14)20(8-13-4-3-5-23-13)15(22)9-24-11(2)21/h3-7H,8-9H2,1-2H3. The maximum Gasteiger partial charge on any atom is 0.239 e. The summed E-state index contributed by atoms with van der Waals surface area (Å²) in [6.07, 6.45) is 1.56. The van der Waals surface area contributed by atoms with Crippen molar-refractivity contribution in [3.63, 3.8) is 0 Å². The molecule has 0 saturated heterocycles. The highest BCUT2D eigenvalue weighted by molar-refractivity contribution is 8.14. The third-order valence-corrected chi connectivity index (χ3v) is 5.51. The summed E-state index contributed by atoms with van der Waals surface area (Å²) in [5, 5.41) is 1.10. The van der Waals surface area contributed by atoms with Crippen LogP contribution in [0.15, 0.2) is 34.9 Å². The maximum atomic E-state index is 12.7. The molecule has 0 bridgehead atoms. The lowest BCUT2D eigenvalue weighted by atomic mass is 10.2. The SMILES string of the molecule is CC(=O)SCC(=O)N(Cc1ccco1)c1nc2c(C)cc(Cl)cc2s1. The topological polar surface area (TPSA) is 63.4 Å². The number of carbonyl (C=O) groups excluding carboxylic acids is 2. The molecule has 0 N–H and O–H groups in total. The fraction of sp³-hybridized carbons (Fsp3) is 0.235. The number of halogens is 1. The molecule has 0 spiro atoms. The van der Waals surface area contributed by atoms with Crippen LogP contribution in [0.25, 0.3) is 10.2 Å². The van der Waals surface area contributed by atoms with Gasteiger partial charge in [-0.1, -0.05) is 34.7 Å². The summed E-state index contributed by atoms with van der Waals surface area (Å²) in [5.74, 6) is 0.515. The lowest BCUT2D eigenvalue weighted by Crippen LogP contribution is -2.32. The Morgan fingerprint density at radius 2 is 2.20 bits per heavy atom. The van der Waals surface area contributed by atoms with Gasteiger partial charge < -0.3 is 4.42 Å². The number of thioether (sulfide) groups is 1. The van der Waals surface area contributed by atoms with Crippen LogP contribution in [-0.2, 0) is 16.1 Å². The van der Waals surface area contributed by atoms with Crippen molar-refractivity contribution in [2.75, 3.05) is 10.7 Å². The van der Waals surface area contributed by atoms with Crippen LogP contribution in [-0.4, -0.2) is 21.8 Å². The number of fused-ring (bicyclic) bond motifs is 1. The Kier molecular flexibility index (Phi) is 5.46. The van der Waals surface area contributed by atoms with Crippen LogP contribution < -0.4 is 4.90 Å². The first-order chi connectivity index (χ1) is 11.9. The predicted octanol–water partition coefficient (Wildman–Crippen LogP) is 4.66. The van der Waals surface area contributed by atoms with Crippen molar-refractivity contribution in [1.82, 2.24) is 4.98 Å². The van der Waals surface area contributed by atoms with Crippen molar-refractivity contribution in [3.8, 4) is 0 Å². The molecule has 2 heterocycles. The molecule has 8 heteroatoms. The average molecular weight is 395 g/mol. The first kappa shape index (κ1) is 18.0. The molecular weight excluding hydrogens is 380 g/mol. The third-order valence-electron chi connectivity index (χ3n) is 3.46. The zero-order valence-electron chi connectivity index (χ0n) is 13.6. The van der Waals surface area contributed by atoms with Gasteiger partial charge >= 0.3 is 0 Å². The smallest absolute Gasteiger partial charge is 0.239 e. The van der Waals surface area contributed by atoms with E-state index in [-0.39, 0.29) is 23.3 Å². The predicted molar refractivity (Wildman–Crippen MR) is 102 cm³/mol. The van der Waals surface area contributed by atoms with Crippen molar-refractivity contribution in [2.24, 2.45) is 0 Å². The van der Waals surface area contributed by atoms with Crippen molar-refractivity contribution in [3.05, 3.63) is 46.9 Å². The van der Waals surface area contributed by atoms with Crippen molar-refractivity contribution >= 4 is 61.1 Å². The number of nitrogens with zero attached hydrogens (tertiary/aromatic N) is 2. The Labute approximate surface area is 158 Å². The van der Waals surface area contributed by atoms with Gasteiger partial charge in [-0.25, -0.2) is 4.98 Å². The number of rotatable bonds is 5. The molecule has 0 atom stereocenters. The normalized spacial score (nSPS) is 11.0. The van der Waals surface area contributed by atoms with E-state index in [0.29, 0.717) is 15.9 Å². The van der Waals surface area contributed by atoms with E-state index in [9.17, 15) is 9.59 Å². The molecule has 0 aliphatic rings. The second kappa shape index (κ2) is 7.59. The van der Waals surface area contributed by atoms with Gasteiger partial charge in [-0.15, -0.1) is 0 Å². The summed E-state index contributed by atoms with van der Waals surface area (Å²) < 4.78 is 6.28. The van der Waals surface area contributed by atoms with Crippen LogP contribution in [0.3, 0.4) is 0 Å². The molecule has 0 fully saturated rings. The van der Waals surface area contributed by atoms with Gasteiger partial charge in [-0.05, 0) is 36.8 Å². The fourth-order valence-corrected chi connectivity index (χ4v) is 4.24. The number of amides is 1. The van der Waals surface area contributed by atoms with Crippen molar-refractivity contribution in [1.29, 1.82) is 0 Å². The number of thiazole rings is 1. The Hall–Kier alpha value is -1.83. The number of aromatic nitrogens is 1. The molecule has 3 aromatic rings. The van der Waals surface area contributed by atoms with Gasteiger partial charge in [-0.3, -0.25) is 14.5 Å². The summed E-state index contributed by atoms with van der Waals surface area (Å²) in [6, 6.07) is 7.25. The zero-order chi connectivity index (χ0) is 18.0. The maximum absolute atomic E-state index is 12.7. The van der Waals surface area contributed by atoms with Gasteiger partial charge in [0.2, 0.25) is 5.91 Å². The van der Waals surface area contributed by atoms with Crippen LogP contribution in [0.1, 0.15) is 18.2 Å². The van der Waals surface area contributed by atoms with Crippen LogP contribution in [0.5, 0.6) is 0 Å². The zero-order valence-corrected chi connectivity index (χ0v) is 16.0. The molecule has 0 aliphatic heterocycles. The molecule has 0 radical (unpaired) electrons. The Balaban J connectivity index is 1.96. The van der Waals surface area contributed by atoms with Gasteiger partial charge in [0.15, 0.2) is 10.2 Å². The summed E-state index contributed by atoms with van der Waals surface area (Å²) in [6.45, 7) is 3.64. The highest BCUT2D eigenvalue weighted by atomic mass is 35.5. The van der Waals surface area contributed by atoms with Gasteiger partial charge in [-0.2, -0.15) is 0 Å². The minimum Gasteiger partial charge on any atom is -0.467 e.